The summed E-state index contributed by atoms with van der Waals surface area (Å²) in [5.41, 5.74) is 0.928. The summed E-state index contributed by atoms with van der Waals surface area (Å²) in [4.78, 5) is 12.3. The molecule has 0 spiro atoms. The molecule has 2 heterocycles. The van der Waals surface area contributed by atoms with Gasteiger partial charge in [0.2, 0.25) is 12.7 Å². The summed E-state index contributed by atoms with van der Waals surface area (Å²) < 4.78 is 22.1. The molecule has 6 heteroatoms. The topological polar surface area (TPSA) is 66.0 Å². The number of carbonyl (C=O) groups is 1. The van der Waals surface area contributed by atoms with Gasteiger partial charge in [0.15, 0.2) is 11.5 Å². The molecule has 2 fully saturated rings. The first-order valence-electron chi connectivity index (χ1n) is 8.19. The molecule has 1 amide bonds. The van der Waals surface area contributed by atoms with Crippen LogP contribution in [-0.4, -0.2) is 44.2 Å². The Morgan fingerprint density at radius 2 is 1.91 bits per heavy atom. The van der Waals surface area contributed by atoms with Crippen LogP contribution in [0.5, 0.6) is 11.5 Å². The fraction of sp³-hybridized carbons (Fsp3) is 0.588. The molecule has 1 aromatic rings. The van der Waals surface area contributed by atoms with Crippen LogP contribution in [0.25, 0.3) is 0 Å². The highest BCUT2D eigenvalue weighted by atomic mass is 16.7. The van der Waals surface area contributed by atoms with Gasteiger partial charge < -0.3 is 24.3 Å². The Kier molecular flexibility index (Phi) is 4.10. The molecule has 1 saturated heterocycles. The molecule has 23 heavy (non-hydrogen) atoms. The third kappa shape index (κ3) is 3.28. The van der Waals surface area contributed by atoms with Crippen molar-refractivity contribution < 1.29 is 23.7 Å². The van der Waals surface area contributed by atoms with Crippen molar-refractivity contribution >= 4 is 5.91 Å². The molecular weight excluding hydrogens is 298 g/mol. The highest BCUT2D eigenvalue weighted by Gasteiger charge is 2.34. The van der Waals surface area contributed by atoms with Gasteiger partial charge in [0.05, 0.1) is 31.8 Å². The fourth-order valence-corrected chi connectivity index (χ4v) is 3.51. The van der Waals surface area contributed by atoms with Crippen LogP contribution in [0, 0.1) is 0 Å². The largest absolute Gasteiger partial charge is 0.454 e. The molecule has 0 bridgehead atoms. The Balaban J connectivity index is 1.31. The summed E-state index contributed by atoms with van der Waals surface area (Å²) in [5, 5.41) is 3.12. The van der Waals surface area contributed by atoms with Crippen molar-refractivity contribution in [2.24, 2.45) is 0 Å². The van der Waals surface area contributed by atoms with Crippen LogP contribution in [-0.2, 0) is 20.7 Å². The molecule has 3 aliphatic rings. The molecular formula is C17H21NO5. The molecule has 0 radical (unpaired) electrons. The summed E-state index contributed by atoms with van der Waals surface area (Å²) in [5.74, 6) is 1.48. The summed E-state index contributed by atoms with van der Waals surface area (Å²) >= 11 is 0. The minimum absolute atomic E-state index is 0.0315. The second kappa shape index (κ2) is 6.37. The highest BCUT2D eigenvalue weighted by molar-refractivity contribution is 5.79. The molecule has 1 aliphatic carbocycles. The van der Waals surface area contributed by atoms with Gasteiger partial charge in [-0.3, -0.25) is 4.79 Å². The summed E-state index contributed by atoms with van der Waals surface area (Å²) in [6, 6.07) is 5.79. The van der Waals surface area contributed by atoms with Crippen LogP contribution in [0.4, 0.5) is 0 Å². The molecule has 124 valence electrons. The van der Waals surface area contributed by atoms with E-state index < -0.39 is 0 Å². The maximum absolute atomic E-state index is 12.3. The van der Waals surface area contributed by atoms with Crippen molar-refractivity contribution in [3.63, 3.8) is 0 Å². The van der Waals surface area contributed by atoms with E-state index in [1.807, 2.05) is 18.2 Å². The van der Waals surface area contributed by atoms with Crippen molar-refractivity contribution in [1.29, 1.82) is 0 Å². The quantitative estimate of drug-likeness (QED) is 0.912. The van der Waals surface area contributed by atoms with Crippen LogP contribution >= 0.6 is 0 Å². The lowest BCUT2D eigenvalue weighted by atomic mass is 9.89. The molecule has 0 unspecified atom stereocenters. The van der Waals surface area contributed by atoms with Crippen molar-refractivity contribution in [2.45, 2.75) is 43.9 Å². The first-order chi connectivity index (χ1) is 11.3. The lowest BCUT2D eigenvalue weighted by Gasteiger charge is -2.39. The third-order valence-electron chi connectivity index (χ3n) is 4.65. The Hall–Kier alpha value is -1.79. The number of amides is 1. The zero-order valence-electron chi connectivity index (χ0n) is 13.0. The van der Waals surface area contributed by atoms with Crippen molar-refractivity contribution in [3.8, 4) is 11.5 Å². The van der Waals surface area contributed by atoms with Gasteiger partial charge in [0.1, 0.15) is 0 Å². The van der Waals surface area contributed by atoms with Crippen LogP contribution in [0.2, 0.25) is 0 Å². The first-order valence-corrected chi connectivity index (χ1v) is 8.19. The molecule has 0 aromatic heterocycles. The van der Waals surface area contributed by atoms with Crippen LogP contribution in [0.1, 0.15) is 24.8 Å². The van der Waals surface area contributed by atoms with Crippen LogP contribution in [0.3, 0.4) is 0 Å². The van der Waals surface area contributed by atoms with Gasteiger partial charge in [0.25, 0.3) is 0 Å². The number of benzene rings is 1. The van der Waals surface area contributed by atoms with Gasteiger partial charge in [0, 0.05) is 6.04 Å². The minimum atomic E-state index is 0.0315. The minimum Gasteiger partial charge on any atom is -0.454 e. The van der Waals surface area contributed by atoms with Crippen LogP contribution in [0.15, 0.2) is 18.2 Å². The Bertz CT molecular complexity index is 590. The zero-order valence-corrected chi connectivity index (χ0v) is 13.0. The Morgan fingerprint density at radius 3 is 2.83 bits per heavy atom. The molecule has 6 nitrogen and oxygen atoms in total. The van der Waals surface area contributed by atoms with E-state index in [0.29, 0.717) is 25.4 Å². The number of hydrogen-bond donors (Lipinski definition) is 1. The number of ether oxygens (including phenoxy) is 4. The number of rotatable bonds is 3. The molecule has 1 saturated carbocycles. The second-order valence-corrected chi connectivity index (χ2v) is 6.26. The standard InChI is InChI=1S/C17H21NO5/c19-17(8-11-1-3-14-15(7-11)23-10-22-14)18-12-2-4-13-16(9-12)21-6-5-20-13/h1,3,7,12-13,16H,2,4-6,8-10H2,(H,18,19)/t12-,13+,16-/m1/s1. The number of nitrogens with one attached hydrogen (secondary N) is 1. The summed E-state index contributed by atoms with van der Waals surface area (Å²) in [7, 11) is 0. The molecule has 4 rings (SSSR count). The molecule has 1 aromatic carbocycles. The van der Waals surface area contributed by atoms with Crippen molar-refractivity contribution in [1.82, 2.24) is 5.32 Å². The fourth-order valence-electron chi connectivity index (χ4n) is 3.51. The van der Waals surface area contributed by atoms with Gasteiger partial charge in [-0.15, -0.1) is 0 Å². The zero-order chi connectivity index (χ0) is 15.6. The predicted octanol–water partition coefficient (Wildman–Crippen LogP) is 1.41. The van der Waals surface area contributed by atoms with E-state index in [2.05, 4.69) is 5.32 Å². The van der Waals surface area contributed by atoms with Crippen LogP contribution < -0.4 is 14.8 Å². The maximum atomic E-state index is 12.3. The normalized spacial score (nSPS) is 29.0. The van der Waals surface area contributed by atoms with E-state index in [-0.39, 0.29) is 30.9 Å². The third-order valence-corrected chi connectivity index (χ3v) is 4.65. The average Bonchev–Trinajstić information content (AvgIpc) is 3.02. The predicted molar refractivity (Wildman–Crippen MR) is 81.5 cm³/mol. The maximum Gasteiger partial charge on any atom is 0.231 e. The molecule has 1 N–H and O–H groups in total. The smallest absolute Gasteiger partial charge is 0.231 e. The van der Waals surface area contributed by atoms with E-state index in [9.17, 15) is 4.79 Å². The molecule has 2 aliphatic heterocycles. The monoisotopic (exact) mass is 319 g/mol. The Morgan fingerprint density at radius 1 is 1.09 bits per heavy atom. The first kappa shape index (κ1) is 14.8. The lowest BCUT2D eigenvalue weighted by molar-refractivity contribution is -0.158. The molecule has 3 atom stereocenters. The van der Waals surface area contributed by atoms with E-state index in [0.717, 1.165) is 30.6 Å². The highest BCUT2D eigenvalue weighted by Crippen LogP contribution is 2.32. The second-order valence-electron chi connectivity index (χ2n) is 6.26. The number of hydrogen-bond acceptors (Lipinski definition) is 5. The number of carbonyl (C=O) groups excluding carboxylic acids is 1. The van der Waals surface area contributed by atoms with Gasteiger partial charge in [-0.2, -0.15) is 0 Å². The SMILES string of the molecule is O=C(Cc1ccc2c(c1)OCO2)N[C@@H]1CC[C@@H]2OCCO[C@@H]2C1. The van der Waals surface area contributed by atoms with Gasteiger partial charge in [-0.25, -0.2) is 0 Å². The summed E-state index contributed by atoms with van der Waals surface area (Å²) in [6.45, 7) is 1.58. The van der Waals surface area contributed by atoms with E-state index in [1.165, 1.54) is 0 Å². The summed E-state index contributed by atoms with van der Waals surface area (Å²) in [6.07, 6.45) is 3.38. The van der Waals surface area contributed by atoms with Gasteiger partial charge in [-0.05, 0) is 37.0 Å². The van der Waals surface area contributed by atoms with E-state index in [4.69, 9.17) is 18.9 Å². The van der Waals surface area contributed by atoms with Crippen molar-refractivity contribution in [3.05, 3.63) is 23.8 Å². The lowest BCUT2D eigenvalue weighted by Crippen LogP contribution is -2.49. The van der Waals surface area contributed by atoms with Gasteiger partial charge in [-0.1, -0.05) is 6.07 Å². The average molecular weight is 319 g/mol. The number of fused-ring (bicyclic) bond motifs is 2. The van der Waals surface area contributed by atoms with E-state index in [1.54, 1.807) is 0 Å². The Labute approximate surface area is 135 Å². The van der Waals surface area contributed by atoms with Gasteiger partial charge >= 0.3 is 0 Å². The van der Waals surface area contributed by atoms with E-state index >= 15 is 0 Å². The van der Waals surface area contributed by atoms with Crippen molar-refractivity contribution in [2.75, 3.05) is 20.0 Å².